The minimum absolute atomic E-state index is 0.556. The number of halogens is 1. The molecule has 0 aliphatic heterocycles. The van der Waals surface area contributed by atoms with Gasteiger partial charge < -0.3 is 4.40 Å². The lowest BCUT2D eigenvalue weighted by Gasteiger charge is -2.07. The smallest absolute Gasteiger partial charge is 0.153 e. The maximum Gasteiger partial charge on any atom is 0.153 e. The summed E-state index contributed by atoms with van der Waals surface area (Å²) in [7, 11) is 0. The fourth-order valence-electron chi connectivity index (χ4n) is 1.99. The number of rotatable bonds is 0. The molecule has 2 heterocycles. The highest BCUT2D eigenvalue weighted by atomic mass is 35.5. The zero-order valence-electron chi connectivity index (χ0n) is 9.16. The average molecular weight is 231 g/mol. The molecule has 3 rings (SSSR count). The lowest BCUT2D eigenvalue weighted by atomic mass is 10.1. The fraction of sp³-hybridized carbons (Fsp3) is 0.154. The van der Waals surface area contributed by atoms with Crippen LogP contribution in [0.3, 0.4) is 0 Å². The van der Waals surface area contributed by atoms with Crippen molar-refractivity contribution >= 4 is 28.2 Å². The van der Waals surface area contributed by atoms with E-state index in [-0.39, 0.29) is 0 Å². The molecule has 80 valence electrons. The quantitative estimate of drug-likeness (QED) is 0.575. The molecule has 0 N–H and O–H groups in total. The second-order valence-electron chi connectivity index (χ2n) is 4.09. The van der Waals surface area contributed by atoms with Crippen LogP contribution in [0, 0.1) is 13.8 Å². The molecular weight excluding hydrogens is 220 g/mol. The first-order valence-electron chi connectivity index (χ1n) is 5.20. The normalized spacial score (nSPS) is 11.4. The molecule has 3 aromatic rings. The highest BCUT2D eigenvalue weighted by molar-refractivity contribution is 6.33. The second kappa shape index (κ2) is 3.22. The van der Waals surface area contributed by atoms with Crippen molar-refractivity contribution in [2.75, 3.05) is 0 Å². The third-order valence-corrected chi connectivity index (χ3v) is 3.31. The molecule has 0 aliphatic rings. The molecule has 0 saturated heterocycles. The number of aryl methyl sites for hydroxylation is 2. The largest absolute Gasteiger partial charge is 0.312 e. The van der Waals surface area contributed by atoms with E-state index in [9.17, 15) is 0 Å². The molecule has 0 amide bonds. The van der Waals surface area contributed by atoms with Gasteiger partial charge in [0, 0.05) is 6.20 Å². The Bertz CT molecular complexity index is 698. The summed E-state index contributed by atoms with van der Waals surface area (Å²) in [6, 6.07) is 8.19. The number of nitrogens with zero attached hydrogens (tertiary/aromatic N) is 2. The van der Waals surface area contributed by atoms with Crippen molar-refractivity contribution in [2.45, 2.75) is 13.8 Å². The molecule has 3 heteroatoms. The van der Waals surface area contributed by atoms with Crippen molar-refractivity contribution in [2.24, 2.45) is 0 Å². The van der Waals surface area contributed by atoms with E-state index < -0.39 is 0 Å². The predicted molar refractivity (Wildman–Crippen MR) is 67.2 cm³/mol. The van der Waals surface area contributed by atoms with Crippen LogP contribution in [0.25, 0.3) is 16.6 Å². The number of fused-ring (bicyclic) bond motifs is 3. The SMILES string of the molecule is Cc1cc2nc(Cl)c3cccn3c2cc1C. The van der Waals surface area contributed by atoms with Gasteiger partial charge in [0.1, 0.15) is 0 Å². The van der Waals surface area contributed by atoms with Gasteiger partial charge in [-0.05, 0) is 49.2 Å². The van der Waals surface area contributed by atoms with Gasteiger partial charge >= 0.3 is 0 Å². The first-order valence-corrected chi connectivity index (χ1v) is 5.58. The minimum atomic E-state index is 0.556. The van der Waals surface area contributed by atoms with E-state index >= 15 is 0 Å². The first-order chi connectivity index (χ1) is 7.66. The third kappa shape index (κ3) is 1.23. The van der Waals surface area contributed by atoms with Gasteiger partial charge in [-0.2, -0.15) is 0 Å². The first kappa shape index (κ1) is 9.67. The predicted octanol–water partition coefficient (Wildman–Crippen LogP) is 3.76. The van der Waals surface area contributed by atoms with Crippen LogP contribution in [0.2, 0.25) is 5.15 Å². The summed E-state index contributed by atoms with van der Waals surface area (Å²) in [6.45, 7) is 4.20. The molecule has 16 heavy (non-hydrogen) atoms. The highest BCUT2D eigenvalue weighted by Crippen LogP contribution is 2.24. The van der Waals surface area contributed by atoms with E-state index in [1.807, 2.05) is 18.3 Å². The Labute approximate surface area is 98.5 Å². The number of hydrogen-bond acceptors (Lipinski definition) is 1. The molecule has 0 atom stereocenters. The van der Waals surface area contributed by atoms with E-state index in [0.29, 0.717) is 5.15 Å². The fourth-order valence-corrected chi connectivity index (χ4v) is 2.24. The second-order valence-corrected chi connectivity index (χ2v) is 4.45. The molecule has 0 aliphatic carbocycles. The van der Waals surface area contributed by atoms with Gasteiger partial charge in [-0.1, -0.05) is 11.6 Å². The molecule has 0 saturated carbocycles. The van der Waals surface area contributed by atoms with Crippen LogP contribution in [0.1, 0.15) is 11.1 Å². The van der Waals surface area contributed by atoms with Crippen LogP contribution in [0.4, 0.5) is 0 Å². The average Bonchev–Trinajstić information content (AvgIpc) is 2.71. The molecule has 1 aromatic carbocycles. The Kier molecular flexibility index (Phi) is 1.95. The Morgan fingerprint density at radius 2 is 1.88 bits per heavy atom. The zero-order valence-corrected chi connectivity index (χ0v) is 9.92. The summed E-state index contributed by atoms with van der Waals surface area (Å²) in [5.41, 5.74) is 5.51. The maximum absolute atomic E-state index is 6.14. The van der Waals surface area contributed by atoms with Gasteiger partial charge in [-0.25, -0.2) is 4.98 Å². The van der Waals surface area contributed by atoms with Gasteiger partial charge in [-0.3, -0.25) is 0 Å². The molecule has 0 spiro atoms. The van der Waals surface area contributed by atoms with Crippen LogP contribution in [-0.2, 0) is 0 Å². The zero-order chi connectivity index (χ0) is 11.3. The van der Waals surface area contributed by atoms with Crippen molar-refractivity contribution < 1.29 is 0 Å². The topological polar surface area (TPSA) is 17.3 Å². The Morgan fingerprint density at radius 1 is 1.12 bits per heavy atom. The molecule has 2 aromatic heterocycles. The van der Waals surface area contributed by atoms with Crippen molar-refractivity contribution in [3.8, 4) is 0 Å². The Balaban J connectivity index is 2.59. The van der Waals surface area contributed by atoms with Gasteiger partial charge in [0.25, 0.3) is 0 Å². The lowest BCUT2D eigenvalue weighted by molar-refractivity contribution is 1.21. The van der Waals surface area contributed by atoms with Gasteiger partial charge in [0.15, 0.2) is 5.15 Å². The van der Waals surface area contributed by atoms with E-state index in [1.165, 1.54) is 11.1 Å². The third-order valence-electron chi connectivity index (χ3n) is 3.03. The number of benzene rings is 1. The van der Waals surface area contributed by atoms with Crippen LogP contribution < -0.4 is 0 Å². The summed E-state index contributed by atoms with van der Waals surface area (Å²) < 4.78 is 2.08. The van der Waals surface area contributed by atoms with Crippen molar-refractivity contribution in [3.63, 3.8) is 0 Å². The van der Waals surface area contributed by atoms with E-state index in [0.717, 1.165) is 16.6 Å². The van der Waals surface area contributed by atoms with E-state index in [2.05, 4.69) is 35.4 Å². The summed E-state index contributed by atoms with van der Waals surface area (Å²) in [6.07, 6.45) is 2.01. The summed E-state index contributed by atoms with van der Waals surface area (Å²) in [5, 5.41) is 0.556. The highest BCUT2D eigenvalue weighted by Gasteiger charge is 2.07. The summed E-state index contributed by atoms with van der Waals surface area (Å²) >= 11 is 6.14. The van der Waals surface area contributed by atoms with Gasteiger partial charge in [0.05, 0.1) is 16.6 Å². The van der Waals surface area contributed by atoms with Crippen molar-refractivity contribution in [1.82, 2.24) is 9.38 Å². The Hall–Kier alpha value is -1.54. The summed E-state index contributed by atoms with van der Waals surface area (Å²) in [4.78, 5) is 4.42. The molecular formula is C13H11ClN2. The van der Waals surface area contributed by atoms with Crippen LogP contribution in [0.15, 0.2) is 30.5 Å². The lowest BCUT2D eigenvalue weighted by Crippen LogP contribution is -1.93. The maximum atomic E-state index is 6.14. The molecule has 0 bridgehead atoms. The monoisotopic (exact) mass is 230 g/mol. The molecule has 0 radical (unpaired) electrons. The summed E-state index contributed by atoms with van der Waals surface area (Å²) in [5.74, 6) is 0. The molecule has 2 nitrogen and oxygen atoms in total. The minimum Gasteiger partial charge on any atom is -0.312 e. The van der Waals surface area contributed by atoms with Crippen LogP contribution in [0.5, 0.6) is 0 Å². The van der Waals surface area contributed by atoms with Crippen molar-refractivity contribution in [3.05, 3.63) is 46.7 Å². The standard InChI is InChI=1S/C13H11ClN2/c1-8-6-10-12(7-9(8)2)16-5-3-4-11(16)13(14)15-10/h3-7H,1-2H3. The molecule has 0 fully saturated rings. The Morgan fingerprint density at radius 3 is 2.69 bits per heavy atom. The number of hydrogen-bond donors (Lipinski definition) is 0. The van der Waals surface area contributed by atoms with Crippen LogP contribution >= 0.6 is 11.6 Å². The van der Waals surface area contributed by atoms with Gasteiger partial charge in [0.2, 0.25) is 0 Å². The van der Waals surface area contributed by atoms with E-state index in [1.54, 1.807) is 0 Å². The number of aromatic nitrogens is 2. The molecule has 0 unspecified atom stereocenters. The van der Waals surface area contributed by atoms with Crippen molar-refractivity contribution in [1.29, 1.82) is 0 Å². The van der Waals surface area contributed by atoms with Crippen LogP contribution in [-0.4, -0.2) is 9.38 Å². The van der Waals surface area contributed by atoms with E-state index in [4.69, 9.17) is 11.6 Å². The van der Waals surface area contributed by atoms with Gasteiger partial charge in [-0.15, -0.1) is 0 Å².